The van der Waals surface area contributed by atoms with Gasteiger partial charge in [-0.1, -0.05) is 41.7 Å². The lowest BCUT2D eigenvalue weighted by atomic mass is 10.0. The molecule has 0 aliphatic carbocycles. The van der Waals surface area contributed by atoms with E-state index in [1.54, 1.807) is 4.52 Å². The second kappa shape index (κ2) is 6.24. The molecule has 0 saturated heterocycles. The van der Waals surface area contributed by atoms with Crippen LogP contribution in [0.4, 0.5) is 5.13 Å². The second-order valence-electron chi connectivity index (χ2n) is 5.14. The van der Waals surface area contributed by atoms with E-state index in [1.165, 1.54) is 16.9 Å². The Morgan fingerprint density at radius 2 is 2.14 bits per heavy atom. The van der Waals surface area contributed by atoms with E-state index < -0.39 is 0 Å². The highest BCUT2D eigenvalue weighted by Crippen LogP contribution is 2.19. The summed E-state index contributed by atoms with van der Waals surface area (Å²) in [4.78, 5) is 5.27. The molecule has 3 rings (SSSR count). The Hall–Kier alpha value is -1.92. The van der Waals surface area contributed by atoms with Crippen molar-refractivity contribution in [3.05, 3.63) is 47.8 Å². The van der Waals surface area contributed by atoms with Crippen LogP contribution in [-0.4, -0.2) is 32.9 Å². The minimum Gasteiger partial charge on any atom is -0.396 e. The van der Waals surface area contributed by atoms with Crippen molar-refractivity contribution in [3.8, 4) is 0 Å². The summed E-state index contributed by atoms with van der Waals surface area (Å²) in [6.07, 6.45) is 2.76. The van der Waals surface area contributed by atoms with Gasteiger partial charge in [-0.3, -0.25) is 0 Å². The van der Waals surface area contributed by atoms with Gasteiger partial charge in [-0.25, -0.2) is 9.50 Å². The number of aryl methyl sites for hydroxylation is 1. The molecule has 0 amide bonds. The highest BCUT2D eigenvalue weighted by Gasteiger charge is 2.11. The molecule has 3 aromatic rings. The SMILES string of the molecule is Cc1cn2nc(NC[C@@H](CO)Cc3ccccc3)sc2n1. The fraction of sp³-hybridized carbons (Fsp3) is 0.333. The molecular weight excluding hydrogens is 284 g/mol. The van der Waals surface area contributed by atoms with Crippen LogP contribution in [-0.2, 0) is 6.42 Å². The number of imidazole rings is 1. The van der Waals surface area contributed by atoms with Gasteiger partial charge < -0.3 is 10.4 Å². The molecule has 0 unspecified atom stereocenters. The number of rotatable bonds is 6. The van der Waals surface area contributed by atoms with E-state index >= 15 is 0 Å². The fourth-order valence-electron chi connectivity index (χ4n) is 2.26. The molecule has 1 aromatic carbocycles. The molecule has 0 fully saturated rings. The Morgan fingerprint density at radius 3 is 2.86 bits per heavy atom. The standard InChI is InChI=1S/C15H18N4OS/c1-11-9-19-15(17-11)21-14(18-19)16-8-13(10-20)7-12-5-3-2-4-6-12/h2-6,9,13,20H,7-8,10H2,1H3,(H,16,18)/t13-/m0/s1. The maximum Gasteiger partial charge on any atom is 0.214 e. The number of aromatic nitrogens is 3. The second-order valence-corrected chi connectivity index (χ2v) is 6.09. The van der Waals surface area contributed by atoms with Crippen LogP contribution in [0.3, 0.4) is 0 Å². The minimum atomic E-state index is 0.156. The first kappa shape index (κ1) is 14.0. The summed E-state index contributed by atoms with van der Waals surface area (Å²) in [5.74, 6) is 0.172. The molecule has 110 valence electrons. The first-order valence-corrected chi connectivity index (χ1v) is 7.77. The molecule has 1 atom stereocenters. The zero-order chi connectivity index (χ0) is 14.7. The van der Waals surface area contributed by atoms with Crippen molar-refractivity contribution < 1.29 is 5.11 Å². The third-order valence-corrected chi connectivity index (χ3v) is 4.21. The van der Waals surface area contributed by atoms with Crippen molar-refractivity contribution in [2.24, 2.45) is 5.92 Å². The number of anilines is 1. The predicted molar refractivity (Wildman–Crippen MR) is 84.8 cm³/mol. The van der Waals surface area contributed by atoms with E-state index in [4.69, 9.17) is 0 Å². The van der Waals surface area contributed by atoms with Crippen LogP contribution >= 0.6 is 11.3 Å². The Morgan fingerprint density at radius 1 is 1.33 bits per heavy atom. The van der Waals surface area contributed by atoms with Crippen LogP contribution in [0.15, 0.2) is 36.5 Å². The zero-order valence-electron chi connectivity index (χ0n) is 11.9. The van der Waals surface area contributed by atoms with Gasteiger partial charge >= 0.3 is 0 Å². The summed E-state index contributed by atoms with van der Waals surface area (Å²) in [7, 11) is 0. The number of hydrogen-bond acceptors (Lipinski definition) is 5. The molecule has 2 N–H and O–H groups in total. The summed E-state index contributed by atoms with van der Waals surface area (Å²) in [6, 6.07) is 10.2. The van der Waals surface area contributed by atoms with E-state index in [1.807, 2.05) is 31.3 Å². The first-order chi connectivity index (χ1) is 10.2. The van der Waals surface area contributed by atoms with Crippen LogP contribution in [0.1, 0.15) is 11.3 Å². The molecule has 2 aromatic heterocycles. The van der Waals surface area contributed by atoms with Crippen LogP contribution in [0.2, 0.25) is 0 Å². The lowest BCUT2D eigenvalue weighted by Gasteiger charge is -2.14. The molecule has 2 heterocycles. The van der Waals surface area contributed by atoms with Gasteiger partial charge in [-0.2, -0.15) is 0 Å². The number of fused-ring (bicyclic) bond motifs is 1. The molecule has 0 aliphatic rings. The minimum absolute atomic E-state index is 0.156. The van der Waals surface area contributed by atoms with E-state index in [2.05, 4.69) is 27.5 Å². The topological polar surface area (TPSA) is 62.5 Å². The molecule has 0 aliphatic heterocycles. The maximum atomic E-state index is 9.53. The van der Waals surface area contributed by atoms with Crippen LogP contribution < -0.4 is 5.32 Å². The van der Waals surface area contributed by atoms with Gasteiger partial charge in [-0.15, -0.1) is 5.10 Å². The highest BCUT2D eigenvalue weighted by molar-refractivity contribution is 7.20. The lowest BCUT2D eigenvalue weighted by Crippen LogP contribution is -2.20. The summed E-state index contributed by atoms with van der Waals surface area (Å²) >= 11 is 1.52. The summed E-state index contributed by atoms with van der Waals surface area (Å²) in [5.41, 5.74) is 2.21. The Kier molecular flexibility index (Phi) is 4.17. The van der Waals surface area contributed by atoms with Gasteiger partial charge in [0, 0.05) is 19.1 Å². The summed E-state index contributed by atoms with van der Waals surface area (Å²) < 4.78 is 1.79. The zero-order valence-corrected chi connectivity index (χ0v) is 12.7. The van der Waals surface area contributed by atoms with Crippen molar-refractivity contribution in [2.75, 3.05) is 18.5 Å². The Balaban J connectivity index is 1.60. The van der Waals surface area contributed by atoms with Gasteiger partial charge in [-0.05, 0) is 18.9 Å². The molecule has 6 heteroatoms. The van der Waals surface area contributed by atoms with Crippen molar-refractivity contribution in [3.63, 3.8) is 0 Å². The monoisotopic (exact) mass is 302 g/mol. The lowest BCUT2D eigenvalue weighted by molar-refractivity contribution is 0.232. The molecular formula is C15H18N4OS. The molecule has 0 radical (unpaired) electrons. The Labute approximate surface area is 127 Å². The molecule has 0 bridgehead atoms. The number of aliphatic hydroxyl groups is 1. The van der Waals surface area contributed by atoms with Crippen LogP contribution in [0.5, 0.6) is 0 Å². The van der Waals surface area contributed by atoms with Gasteiger partial charge in [0.25, 0.3) is 0 Å². The van der Waals surface area contributed by atoms with Gasteiger partial charge in [0.1, 0.15) is 0 Å². The largest absolute Gasteiger partial charge is 0.396 e. The number of hydrogen-bond donors (Lipinski definition) is 2. The molecule has 0 saturated carbocycles. The van der Waals surface area contributed by atoms with Crippen LogP contribution in [0, 0.1) is 12.8 Å². The van der Waals surface area contributed by atoms with Gasteiger partial charge in [0.2, 0.25) is 10.1 Å². The smallest absolute Gasteiger partial charge is 0.214 e. The average Bonchev–Trinajstić information content (AvgIpc) is 3.01. The third-order valence-electron chi connectivity index (χ3n) is 3.33. The molecule has 5 nitrogen and oxygen atoms in total. The first-order valence-electron chi connectivity index (χ1n) is 6.96. The number of aliphatic hydroxyl groups excluding tert-OH is 1. The number of nitrogens with zero attached hydrogens (tertiary/aromatic N) is 3. The summed E-state index contributed by atoms with van der Waals surface area (Å²) in [5, 5.41) is 18.1. The molecule has 21 heavy (non-hydrogen) atoms. The van der Waals surface area contributed by atoms with Crippen LogP contribution in [0.25, 0.3) is 4.96 Å². The van der Waals surface area contributed by atoms with E-state index in [9.17, 15) is 5.11 Å². The van der Waals surface area contributed by atoms with E-state index in [0.29, 0.717) is 6.54 Å². The van der Waals surface area contributed by atoms with Gasteiger partial charge in [0.15, 0.2) is 0 Å². The van der Waals surface area contributed by atoms with Crippen molar-refractivity contribution in [1.29, 1.82) is 0 Å². The van der Waals surface area contributed by atoms with E-state index in [0.717, 1.165) is 22.2 Å². The maximum absolute atomic E-state index is 9.53. The van der Waals surface area contributed by atoms with E-state index in [-0.39, 0.29) is 12.5 Å². The number of benzene rings is 1. The highest BCUT2D eigenvalue weighted by atomic mass is 32.1. The van der Waals surface area contributed by atoms with Crippen molar-refractivity contribution in [2.45, 2.75) is 13.3 Å². The van der Waals surface area contributed by atoms with Gasteiger partial charge in [0.05, 0.1) is 11.9 Å². The van der Waals surface area contributed by atoms with Crippen molar-refractivity contribution in [1.82, 2.24) is 14.6 Å². The molecule has 0 spiro atoms. The number of nitrogens with one attached hydrogen (secondary N) is 1. The fourth-order valence-corrected chi connectivity index (χ4v) is 3.09. The normalized spacial score (nSPS) is 12.7. The van der Waals surface area contributed by atoms with Crippen molar-refractivity contribution >= 4 is 21.4 Å². The predicted octanol–water partition coefficient (Wildman–Crippen LogP) is 2.36. The quantitative estimate of drug-likeness (QED) is 0.734. The average molecular weight is 302 g/mol. The summed E-state index contributed by atoms with van der Waals surface area (Å²) in [6.45, 7) is 2.81. The Bertz CT molecular complexity index is 675. The third kappa shape index (κ3) is 3.40.